The number of nitrogens with one attached hydrogen (secondary N) is 1. The lowest BCUT2D eigenvalue weighted by Crippen LogP contribution is -2.39. The highest BCUT2D eigenvalue weighted by Crippen LogP contribution is 2.32. The average molecular weight is 516 g/mol. The number of carbonyl (C=O) groups is 2. The molecule has 3 aromatic carbocycles. The van der Waals surface area contributed by atoms with E-state index in [0.717, 1.165) is 16.4 Å². The summed E-state index contributed by atoms with van der Waals surface area (Å²) in [6.45, 7) is -0.669. The molecule has 0 aromatic heterocycles. The first-order valence-corrected chi connectivity index (χ1v) is 11.8. The molecule has 0 spiro atoms. The molecule has 36 heavy (non-hydrogen) atoms. The van der Waals surface area contributed by atoms with Gasteiger partial charge >= 0.3 is 5.97 Å². The van der Waals surface area contributed by atoms with Crippen LogP contribution in [-0.2, 0) is 14.8 Å². The molecule has 188 valence electrons. The van der Waals surface area contributed by atoms with Crippen LogP contribution in [0.15, 0.2) is 76.7 Å². The van der Waals surface area contributed by atoms with E-state index in [2.05, 4.69) is 10.5 Å². The number of anilines is 1. The molecule has 0 atom stereocenters. The lowest BCUT2D eigenvalue weighted by Gasteiger charge is -2.24. The minimum absolute atomic E-state index is 0.0505. The SMILES string of the molecule is COc1ccc(S(=O)(=O)N(CC(=O)N/N=C\c2ccc(C(=O)O)cc2)c2ccc(F)cc2)cc1OC. The fourth-order valence-electron chi connectivity index (χ4n) is 3.08. The van der Waals surface area contributed by atoms with Crippen LogP contribution in [0.2, 0.25) is 0 Å². The van der Waals surface area contributed by atoms with Crippen LogP contribution in [0.1, 0.15) is 15.9 Å². The van der Waals surface area contributed by atoms with Gasteiger partial charge in [-0.1, -0.05) is 12.1 Å². The first-order chi connectivity index (χ1) is 17.1. The Morgan fingerprint density at radius 1 is 1.00 bits per heavy atom. The number of hydrazone groups is 1. The minimum atomic E-state index is -4.30. The highest BCUT2D eigenvalue weighted by Gasteiger charge is 2.28. The Morgan fingerprint density at radius 3 is 2.22 bits per heavy atom. The predicted octanol–water partition coefficient (Wildman–Crippen LogP) is 2.89. The largest absolute Gasteiger partial charge is 0.493 e. The normalized spacial score (nSPS) is 11.2. The Morgan fingerprint density at radius 2 is 1.64 bits per heavy atom. The van der Waals surface area contributed by atoms with E-state index in [1.165, 1.54) is 75.0 Å². The van der Waals surface area contributed by atoms with Crippen LogP contribution in [-0.4, -0.2) is 52.4 Å². The third-order valence-corrected chi connectivity index (χ3v) is 6.68. The number of hydrogen-bond donors (Lipinski definition) is 2. The molecule has 0 unspecified atom stereocenters. The number of benzene rings is 3. The van der Waals surface area contributed by atoms with E-state index in [-0.39, 0.29) is 21.9 Å². The van der Waals surface area contributed by atoms with Crippen molar-refractivity contribution in [3.05, 3.63) is 83.7 Å². The molecular weight excluding hydrogens is 493 g/mol. The number of rotatable bonds is 10. The van der Waals surface area contributed by atoms with E-state index in [0.29, 0.717) is 11.3 Å². The Kier molecular flexibility index (Phi) is 8.22. The summed E-state index contributed by atoms with van der Waals surface area (Å²) in [6, 6.07) is 14.3. The lowest BCUT2D eigenvalue weighted by molar-refractivity contribution is -0.119. The van der Waals surface area contributed by atoms with Gasteiger partial charge in [-0.2, -0.15) is 5.10 Å². The zero-order valence-electron chi connectivity index (χ0n) is 19.2. The Labute approximate surface area is 206 Å². The van der Waals surface area contributed by atoms with E-state index < -0.39 is 34.3 Å². The molecule has 0 radical (unpaired) electrons. The molecule has 0 heterocycles. The van der Waals surface area contributed by atoms with Gasteiger partial charge in [-0.05, 0) is 54.1 Å². The van der Waals surface area contributed by atoms with Crippen molar-refractivity contribution in [2.75, 3.05) is 25.1 Å². The maximum atomic E-state index is 13.5. The first-order valence-electron chi connectivity index (χ1n) is 10.3. The number of carboxylic acid groups (broad SMARTS) is 1. The molecular formula is C24H22FN3O7S. The maximum Gasteiger partial charge on any atom is 0.335 e. The zero-order valence-corrected chi connectivity index (χ0v) is 20.0. The highest BCUT2D eigenvalue weighted by atomic mass is 32.2. The molecule has 0 aliphatic rings. The topological polar surface area (TPSA) is 135 Å². The van der Waals surface area contributed by atoms with E-state index in [9.17, 15) is 22.4 Å². The number of carbonyl (C=O) groups excluding carboxylic acids is 1. The molecule has 0 saturated heterocycles. The van der Waals surface area contributed by atoms with Crippen molar-refractivity contribution in [1.82, 2.24) is 5.43 Å². The zero-order chi connectivity index (χ0) is 26.3. The number of hydrogen-bond acceptors (Lipinski definition) is 7. The van der Waals surface area contributed by atoms with E-state index >= 15 is 0 Å². The number of methoxy groups -OCH3 is 2. The summed E-state index contributed by atoms with van der Waals surface area (Å²) in [6.07, 6.45) is 1.27. The minimum Gasteiger partial charge on any atom is -0.493 e. The number of amides is 1. The summed E-state index contributed by atoms with van der Waals surface area (Å²) in [5.41, 5.74) is 2.88. The van der Waals surface area contributed by atoms with Crippen LogP contribution in [0, 0.1) is 5.82 Å². The van der Waals surface area contributed by atoms with Gasteiger partial charge in [0.15, 0.2) is 11.5 Å². The predicted molar refractivity (Wildman–Crippen MR) is 130 cm³/mol. The molecule has 2 N–H and O–H groups in total. The summed E-state index contributed by atoms with van der Waals surface area (Å²) in [5.74, 6) is -1.95. The number of sulfonamides is 1. The van der Waals surface area contributed by atoms with Gasteiger partial charge in [0.2, 0.25) is 0 Å². The van der Waals surface area contributed by atoms with Crippen molar-refractivity contribution in [3.8, 4) is 11.5 Å². The molecule has 0 aliphatic heterocycles. The van der Waals surface area contributed by atoms with E-state index in [4.69, 9.17) is 14.6 Å². The van der Waals surface area contributed by atoms with E-state index in [1.807, 2.05) is 0 Å². The summed E-state index contributed by atoms with van der Waals surface area (Å²) in [4.78, 5) is 23.3. The van der Waals surface area contributed by atoms with Crippen LogP contribution in [0.25, 0.3) is 0 Å². The molecule has 3 aromatic rings. The Balaban J connectivity index is 1.85. The second-order valence-corrected chi connectivity index (χ2v) is 9.09. The van der Waals surface area contributed by atoms with Crippen LogP contribution >= 0.6 is 0 Å². The van der Waals surface area contributed by atoms with Gasteiger partial charge in [-0.15, -0.1) is 0 Å². The average Bonchev–Trinajstić information content (AvgIpc) is 2.87. The number of ether oxygens (including phenoxy) is 2. The monoisotopic (exact) mass is 515 g/mol. The van der Waals surface area contributed by atoms with Crippen molar-refractivity contribution in [2.24, 2.45) is 5.10 Å². The van der Waals surface area contributed by atoms with Gasteiger partial charge in [-0.3, -0.25) is 9.10 Å². The molecule has 3 rings (SSSR count). The van der Waals surface area contributed by atoms with Gasteiger partial charge in [0.05, 0.1) is 36.6 Å². The van der Waals surface area contributed by atoms with Crippen molar-refractivity contribution in [2.45, 2.75) is 4.90 Å². The Hall–Kier alpha value is -4.45. The second kappa shape index (κ2) is 11.3. The number of nitrogens with zero attached hydrogens (tertiary/aromatic N) is 2. The summed E-state index contributed by atoms with van der Waals surface area (Å²) in [5, 5.41) is 12.7. The summed E-state index contributed by atoms with van der Waals surface area (Å²) in [7, 11) is -1.54. The third-order valence-electron chi connectivity index (χ3n) is 4.91. The first kappa shape index (κ1) is 26.2. The van der Waals surface area contributed by atoms with Gasteiger partial charge in [0.25, 0.3) is 15.9 Å². The van der Waals surface area contributed by atoms with Gasteiger partial charge in [0, 0.05) is 6.07 Å². The smallest absolute Gasteiger partial charge is 0.335 e. The molecule has 0 fully saturated rings. The van der Waals surface area contributed by atoms with Gasteiger partial charge in [-0.25, -0.2) is 23.0 Å². The van der Waals surface area contributed by atoms with Crippen LogP contribution in [0.4, 0.5) is 10.1 Å². The molecule has 0 bridgehead atoms. The van der Waals surface area contributed by atoms with Crippen molar-refractivity contribution in [1.29, 1.82) is 0 Å². The van der Waals surface area contributed by atoms with Crippen LogP contribution in [0.3, 0.4) is 0 Å². The summed E-state index contributed by atoms with van der Waals surface area (Å²) >= 11 is 0. The molecule has 12 heteroatoms. The van der Waals surface area contributed by atoms with Crippen LogP contribution in [0.5, 0.6) is 11.5 Å². The van der Waals surface area contributed by atoms with Crippen molar-refractivity contribution in [3.63, 3.8) is 0 Å². The fourth-order valence-corrected chi connectivity index (χ4v) is 4.52. The van der Waals surface area contributed by atoms with Crippen LogP contribution < -0.4 is 19.2 Å². The van der Waals surface area contributed by atoms with Gasteiger partial charge in [0.1, 0.15) is 12.4 Å². The fraction of sp³-hybridized carbons (Fsp3) is 0.125. The Bertz CT molecular complexity index is 1380. The quantitative estimate of drug-likeness (QED) is 0.313. The van der Waals surface area contributed by atoms with Crippen molar-refractivity contribution < 1.29 is 37.0 Å². The summed E-state index contributed by atoms with van der Waals surface area (Å²) < 4.78 is 51.6. The number of carboxylic acids is 1. The van der Waals surface area contributed by atoms with E-state index in [1.54, 1.807) is 0 Å². The van der Waals surface area contributed by atoms with Gasteiger partial charge < -0.3 is 14.6 Å². The molecule has 0 aliphatic carbocycles. The maximum absolute atomic E-state index is 13.5. The van der Waals surface area contributed by atoms with Crippen molar-refractivity contribution >= 4 is 33.8 Å². The highest BCUT2D eigenvalue weighted by molar-refractivity contribution is 7.92. The lowest BCUT2D eigenvalue weighted by atomic mass is 10.1. The molecule has 1 amide bonds. The molecule has 0 saturated carbocycles. The number of halogens is 1. The standard InChI is InChI=1S/C24H22FN3O7S/c1-34-21-12-11-20(13-22(21)35-2)36(32,33)28(19-9-7-18(25)8-10-19)15-23(29)27-26-14-16-3-5-17(6-4-16)24(30)31/h3-14H,15H2,1-2H3,(H,27,29)(H,30,31)/b26-14-. The number of aromatic carboxylic acids is 1. The second-order valence-electron chi connectivity index (χ2n) is 7.23. The molecule has 10 nitrogen and oxygen atoms in total. The third kappa shape index (κ3) is 6.16.